The number of Topliss-reactive ketones (excluding diaryl/α,β-unsaturated/α-hetero) is 1. The molecule has 1 aromatic rings. The molecule has 9 heteroatoms. The van der Waals surface area contributed by atoms with Crippen LogP contribution in [0.3, 0.4) is 0 Å². The van der Waals surface area contributed by atoms with Crippen LogP contribution in [0.15, 0.2) is 21.7 Å². The number of carbonyl (C=O) groups excluding carboxylic acids is 2. The van der Waals surface area contributed by atoms with Gasteiger partial charge in [0.15, 0.2) is 0 Å². The van der Waals surface area contributed by atoms with Crippen LogP contribution in [-0.4, -0.2) is 39.2 Å². The van der Waals surface area contributed by atoms with Crippen LogP contribution in [0.25, 0.3) is 0 Å². The molecule has 112 valence electrons. The molecular weight excluding hydrogens is 346 g/mol. The molecule has 1 saturated heterocycles. The minimum atomic E-state index is -0.784. The average molecular weight is 358 g/mol. The van der Waals surface area contributed by atoms with Gasteiger partial charge in [-0.1, -0.05) is 0 Å². The first-order valence-corrected chi connectivity index (χ1v) is 7.01. The van der Waals surface area contributed by atoms with Crippen molar-refractivity contribution in [3.05, 3.63) is 37.2 Å². The molecule has 1 amide bonds. The molecule has 1 aliphatic rings. The predicted molar refractivity (Wildman–Crippen MR) is 75.9 cm³/mol. The molecule has 0 atom stereocenters. The van der Waals surface area contributed by atoms with Gasteiger partial charge in [0, 0.05) is 32.1 Å². The van der Waals surface area contributed by atoms with Crippen molar-refractivity contribution in [3.63, 3.8) is 0 Å². The van der Waals surface area contributed by atoms with E-state index in [1.165, 1.54) is 10.8 Å². The Morgan fingerprint density at radius 2 is 1.90 bits per heavy atom. The second-order valence-electron chi connectivity index (χ2n) is 4.67. The van der Waals surface area contributed by atoms with Gasteiger partial charge in [0.25, 0.3) is 5.43 Å². The number of pyridine rings is 1. The van der Waals surface area contributed by atoms with Gasteiger partial charge < -0.3 is 9.47 Å². The third-order valence-corrected chi connectivity index (χ3v) is 3.77. The molecule has 1 aromatic heterocycles. The highest BCUT2D eigenvalue weighted by Gasteiger charge is 2.22. The van der Waals surface area contributed by atoms with Crippen LogP contribution in [0.5, 0.6) is 0 Å². The van der Waals surface area contributed by atoms with Crippen molar-refractivity contribution in [2.24, 2.45) is 0 Å². The fourth-order valence-electron chi connectivity index (χ4n) is 2.06. The van der Waals surface area contributed by atoms with Crippen molar-refractivity contribution in [1.29, 1.82) is 0 Å². The van der Waals surface area contributed by atoms with Crippen molar-refractivity contribution >= 4 is 33.3 Å². The Kier molecular flexibility index (Phi) is 4.51. The van der Waals surface area contributed by atoms with E-state index in [0.717, 1.165) is 6.20 Å². The smallest absolute Gasteiger partial charge is 0.333 e. The van der Waals surface area contributed by atoms with Gasteiger partial charge in [-0.2, -0.15) is 0 Å². The van der Waals surface area contributed by atoms with E-state index in [0.29, 0.717) is 25.9 Å². The minimum absolute atomic E-state index is 0.0262. The summed E-state index contributed by atoms with van der Waals surface area (Å²) in [6.07, 6.45) is 3.04. The third kappa shape index (κ3) is 3.54. The highest BCUT2D eigenvalue weighted by Crippen LogP contribution is 2.12. The quantitative estimate of drug-likeness (QED) is 0.585. The monoisotopic (exact) mass is 357 g/mol. The summed E-state index contributed by atoms with van der Waals surface area (Å²) < 4.78 is 1.32. The fourth-order valence-corrected chi connectivity index (χ4v) is 2.53. The molecule has 21 heavy (non-hydrogen) atoms. The van der Waals surface area contributed by atoms with Crippen molar-refractivity contribution in [2.45, 2.75) is 19.4 Å². The SMILES string of the molecule is O=C1CCN(C(=O)Cn2cc(Br)c(=O)c([N+](=O)[O-])c2)CC1. The lowest BCUT2D eigenvalue weighted by atomic mass is 10.1. The van der Waals surface area contributed by atoms with Crippen LogP contribution in [0.2, 0.25) is 0 Å². The number of ketones is 1. The summed E-state index contributed by atoms with van der Waals surface area (Å²) in [5.74, 6) is -0.117. The number of hydrogen-bond acceptors (Lipinski definition) is 5. The maximum absolute atomic E-state index is 12.1. The Balaban J connectivity index is 2.16. The van der Waals surface area contributed by atoms with Crippen LogP contribution in [0.1, 0.15) is 12.8 Å². The van der Waals surface area contributed by atoms with E-state index >= 15 is 0 Å². The third-order valence-electron chi connectivity index (χ3n) is 3.21. The van der Waals surface area contributed by atoms with Crippen LogP contribution in [0, 0.1) is 10.1 Å². The zero-order valence-electron chi connectivity index (χ0n) is 11.0. The molecule has 1 fully saturated rings. The van der Waals surface area contributed by atoms with E-state index in [1.54, 1.807) is 4.90 Å². The first-order chi connectivity index (χ1) is 9.88. The van der Waals surface area contributed by atoms with Crippen LogP contribution in [-0.2, 0) is 16.1 Å². The van der Waals surface area contributed by atoms with E-state index in [4.69, 9.17) is 0 Å². The summed E-state index contributed by atoms with van der Waals surface area (Å²) in [6.45, 7) is 0.607. The molecule has 0 bridgehead atoms. The first kappa shape index (κ1) is 15.4. The highest BCUT2D eigenvalue weighted by molar-refractivity contribution is 9.10. The van der Waals surface area contributed by atoms with Gasteiger partial charge >= 0.3 is 5.69 Å². The second kappa shape index (κ2) is 6.17. The van der Waals surface area contributed by atoms with Gasteiger partial charge in [-0.25, -0.2) is 0 Å². The summed E-state index contributed by atoms with van der Waals surface area (Å²) >= 11 is 2.95. The van der Waals surface area contributed by atoms with Crippen molar-refractivity contribution in [2.75, 3.05) is 13.1 Å². The standard InChI is InChI=1S/C12H12BrN3O5/c13-9-5-14(6-10(12(9)19)16(20)21)7-11(18)15-3-1-8(17)2-4-15/h5-6H,1-4,7H2. The Bertz CT molecular complexity index is 659. The summed E-state index contributed by atoms with van der Waals surface area (Å²) in [7, 11) is 0. The number of hydrogen-bond donors (Lipinski definition) is 0. The molecule has 0 unspecified atom stereocenters. The Morgan fingerprint density at radius 1 is 1.29 bits per heavy atom. The number of rotatable bonds is 3. The molecule has 0 aromatic carbocycles. The maximum atomic E-state index is 12.1. The van der Waals surface area contributed by atoms with Gasteiger partial charge in [-0.05, 0) is 15.9 Å². The lowest BCUT2D eigenvalue weighted by Gasteiger charge is -2.26. The Morgan fingerprint density at radius 3 is 2.48 bits per heavy atom. The normalized spacial score (nSPS) is 15.1. The molecule has 2 heterocycles. The van der Waals surface area contributed by atoms with Gasteiger partial charge in [0.05, 0.1) is 15.6 Å². The average Bonchev–Trinajstić information content (AvgIpc) is 2.43. The van der Waals surface area contributed by atoms with E-state index in [-0.39, 0.29) is 22.7 Å². The topological polar surface area (TPSA) is 103 Å². The number of piperidine rings is 1. The van der Waals surface area contributed by atoms with Gasteiger partial charge in [-0.3, -0.25) is 24.5 Å². The summed E-state index contributed by atoms with van der Waals surface area (Å²) in [5, 5.41) is 10.8. The zero-order chi connectivity index (χ0) is 15.6. The summed E-state index contributed by atoms with van der Waals surface area (Å²) in [5.41, 5.74) is -1.32. The van der Waals surface area contributed by atoms with Crippen molar-refractivity contribution in [1.82, 2.24) is 9.47 Å². The summed E-state index contributed by atoms with van der Waals surface area (Å²) in [4.78, 5) is 46.3. The molecule has 0 saturated carbocycles. The van der Waals surface area contributed by atoms with Gasteiger partial charge in [-0.15, -0.1) is 0 Å². The van der Waals surface area contributed by atoms with E-state index in [2.05, 4.69) is 15.9 Å². The van der Waals surface area contributed by atoms with Crippen LogP contribution in [0.4, 0.5) is 5.69 Å². The molecule has 0 aliphatic carbocycles. The fraction of sp³-hybridized carbons (Fsp3) is 0.417. The number of amides is 1. The van der Waals surface area contributed by atoms with Gasteiger partial charge in [0.1, 0.15) is 12.3 Å². The lowest BCUT2D eigenvalue weighted by Crippen LogP contribution is -2.40. The van der Waals surface area contributed by atoms with Crippen molar-refractivity contribution < 1.29 is 14.5 Å². The summed E-state index contributed by atoms with van der Waals surface area (Å²) in [6, 6.07) is 0. The molecule has 8 nitrogen and oxygen atoms in total. The minimum Gasteiger partial charge on any atom is -0.340 e. The number of nitrogens with zero attached hydrogens (tertiary/aromatic N) is 3. The number of nitro groups is 1. The number of aromatic nitrogens is 1. The maximum Gasteiger partial charge on any atom is 0.333 e. The Hall–Kier alpha value is -2.03. The lowest BCUT2D eigenvalue weighted by molar-refractivity contribution is -0.386. The van der Waals surface area contributed by atoms with Gasteiger partial charge in [0.2, 0.25) is 5.91 Å². The predicted octanol–water partition coefficient (Wildman–Crippen LogP) is 0.710. The number of carbonyl (C=O) groups is 2. The molecule has 0 spiro atoms. The van der Waals surface area contributed by atoms with E-state index in [9.17, 15) is 24.5 Å². The zero-order valence-corrected chi connectivity index (χ0v) is 12.5. The molecule has 0 radical (unpaired) electrons. The molecule has 1 aliphatic heterocycles. The van der Waals surface area contributed by atoms with E-state index < -0.39 is 16.0 Å². The largest absolute Gasteiger partial charge is 0.340 e. The first-order valence-electron chi connectivity index (χ1n) is 6.22. The highest BCUT2D eigenvalue weighted by atomic mass is 79.9. The van der Waals surface area contributed by atoms with Crippen molar-refractivity contribution in [3.8, 4) is 0 Å². The van der Waals surface area contributed by atoms with Crippen LogP contribution >= 0.6 is 15.9 Å². The van der Waals surface area contributed by atoms with Crippen LogP contribution < -0.4 is 5.43 Å². The number of halogens is 1. The van der Waals surface area contributed by atoms with E-state index in [1.807, 2.05) is 0 Å². The molecule has 2 rings (SSSR count). The molecule has 0 N–H and O–H groups in total. The number of likely N-dealkylation sites (tertiary alicyclic amines) is 1. The second-order valence-corrected chi connectivity index (χ2v) is 5.52. The molecular formula is C12H12BrN3O5. The Labute approximate surface area is 127 Å².